The third-order valence-corrected chi connectivity index (χ3v) is 4.64. The lowest BCUT2D eigenvalue weighted by Crippen LogP contribution is -2.31. The Labute approximate surface area is 164 Å². The smallest absolute Gasteiger partial charge is 0.253 e. The highest BCUT2D eigenvalue weighted by molar-refractivity contribution is 6.02. The number of nitrogens with zero attached hydrogens (tertiary/aromatic N) is 4. The molecule has 0 aliphatic rings. The number of carbonyl (C=O) groups is 1. The first-order valence-electron chi connectivity index (χ1n) is 9.28. The molecule has 1 amide bonds. The standard InChI is InChI=1S/C22H23N5O/c1-25(2)15-12-23-22(28)18-16-21(26-13-7-6-10-20(18)26)19-11-14-27(24-19)17-8-4-3-5-9-17/h3-11,13-14,16H,12,15H2,1-2H3,(H,23,28). The lowest BCUT2D eigenvalue weighted by molar-refractivity contribution is 0.0953. The summed E-state index contributed by atoms with van der Waals surface area (Å²) in [5.74, 6) is -0.0701. The van der Waals surface area contributed by atoms with Crippen molar-refractivity contribution in [2.45, 2.75) is 0 Å². The largest absolute Gasteiger partial charge is 0.351 e. The molecule has 0 spiro atoms. The van der Waals surface area contributed by atoms with E-state index in [9.17, 15) is 4.79 Å². The Bertz CT molecular complexity index is 1090. The van der Waals surface area contributed by atoms with Crippen LogP contribution < -0.4 is 5.32 Å². The van der Waals surface area contributed by atoms with Crippen LogP contribution in [0.15, 0.2) is 73.1 Å². The molecule has 1 aromatic carbocycles. The van der Waals surface area contributed by atoms with Crippen molar-refractivity contribution in [3.05, 3.63) is 78.6 Å². The van der Waals surface area contributed by atoms with Crippen LogP contribution in [0.5, 0.6) is 0 Å². The number of aromatic nitrogens is 3. The molecule has 0 aliphatic heterocycles. The lowest BCUT2D eigenvalue weighted by atomic mass is 10.2. The molecule has 0 unspecified atom stereocenters. The highest BCUT2D eigenvalue weighted by Crippen LogP contribution is 2.25. The number of nitrogens with one attached hydrogen (secondary N) is 1. The normalized spacial score (nSPS) is 11.2. The van der Waals surface area contributed by atoms with Gasteiger partial charge in [0.15, 0.2) is 0 Å². The lowest BCUT2D eigenvalue weighted by Gasteiger charge is -2.10. The van der Waals surface area contributed by atoms with Crippen molar-refractivity contribution in [2.24, 2.45) is 0 Å². The van der Waals surface area contributed by atoms with Gasteiger partial charge in [0.1, 0.15) is 5.69 Å². The molecular formula is C22H23N5O. The van der Waals surface area contributed by atoms with Crippen molar-refractivity contribution in [1.29, 1.82) is 0 Å². The minimum absolute atomic E-state index is 0.0701. The first-order chi connectivity index (χ1) is 13.6. The Hall–Kier alpha value is -3.38. The van der Waals surface area contributed by atoms with Gasteiger partial charge in [-0.3, -0.25) is 4.79 Å². The number of benzene rings is 1. The van der Waals surface area contributed by atoms with Gasteiger partial charge < -0.3 is 14.6 Å². The molecule has 0 atom stereocenters. The van der Waals surface area contributed by atoms with Crippen LogP contribution in [0.4, 0.5) is 0 Å². The quantitative estimate of drug-likeness (QED) is 0.565. The van der Waals surface area contributed by atoms with Crippen LogP contribution in [0.1, 0.15) is 10.4 Å². The third-order valence-electron chi connectivity index (χ3n) is 4.64. The van der Waals surface area contributed by atoms with Gasteiger partial charge in [-0.1, -0.05) is 24.3 Å². The van der Waals surface area contributed by atoms with E-state index in [-0.39, 0.29) is 5.91 Å². The molecule has 4 aromatic rings. The van der Waals surface area contributed by atoms with Crippen molar-refractivity contribution in [3.63, 3.8) is 0 Å². The SMILES string of the molecule is CN(C)CCNC(=O)c1cc(-c2ccn(-c3ccccc3)n2)n2ccccc12. The summed E-state index contributed by atoms with van der Waals surface area (Å²) in [6.07, 6.45) is 3.90. The average molecular weight is 373 g/mol. The molecule has 0 aliphatic carbocycles. The molecule has 0 radical (unpaired) electrons. The molecule has 3 heterocycles. The van der Waals surface area contributed by atoms with E-state index in [1.165, 1.54) is 0 Å². The number of para-hydroxylation sites is 1. The van der Waals surface area contributed by atoms with Crippen LogP contribution in [-0.4, -0.2) is 52.2 Å². The predicted molar refractivity (Wildman–Crippen MR) is 111 cm³/mol. The van der Waals surface area contributed by atoms with E-state index in [2.05, 4.69) is 5.32 Å². The summed E-state index contributed by atoms with van der Waals surface area (Å²) in [6.45, 7) is 1.40. The van der Waals surface area contributed by atoms with Crippen molar-refractivity contribution in [2.75, 3.05) is 27.2 Å². The molecule has 0 fully saturated rings. The number of rotatable bonds is 6. The van der Waals surface area contributed by atoms with Crippen LogP contribution in [0.25, 0.3) is 22.6 Å². The van der Waals surface area contributed by atoms with Crippen molar-refractivity contribution < 1.29 is 4.79 Å². The minimum atomic E-state index is -0.0701. The molecule has 3 aromatic heterocycles. The number of hydrogen-bond donors (Lipinski definition) is 1. The summed E-state index contributed by atoms with van der Waals surface area (Å²) in [5.41, 5.74) is 4.23. The maximum absolute atomic E-state index is 12.7. The zero-order chi connectivity index (χ0) is 19.5. The van der Waals surface area contributed by atoms with Crippen LogP contribution in [0.3, 0.4) is 0 Å². The molecule has 28 heavy (non-hydrogen) atoms. The Kier molecular flexibility index (Phi) is 4.95. The molecule has 6 heteroatoms. The highest BCUT2D eigenvalue weighted by atomic mass is 16.1. The number of fused-ring (bicyclic) bond motifs is 1. The summed E-state index contributed by atoms with van der Waals surface area (Å²) >= 11 is 0. The molecule has 4 rings (SSSR count). The fraction of sp³-hybridized carbons (Fsp3) is 0.182. The van der Waals surface area contributed by atoms with Crippen molar-refractivity contribution in [1.82, 2.24) is 24.4 Å². The zero-order valence-corrected chi connectivity index (χ0v) is 16.0. The molecule has 0 saturated heterocycles. The molecule has 142 valence electrons. The maximum atomic E-state index is 12.7. The van der Waals surface area contributed by atoms with Crippen LogP contribution >= 0.6 is 0 Å². The molecular weight excluding hydrogens is 350 g/mol. The van der Waals surface area contributed by atoms with E-state index in [0.29, 0.717) is 12.1 Å². The summed E-state index contributed by atoms with van der Waals surface area (Å²) < 4.78 is 3.85. The van der Waals surface area contributed by atoms with Gasteiger partial charge >= 0.3 is 0 Å². The average Bonchev–Trinajstić information content (AvgIpc) is 3.33. The molecule has 0 bridgehead atoms. The van der Waals surface area contributed by atoms with E-state index in [1.807, 2.05) is 101 Å². The predicted octanol–water partition coefficient (Wildman–Crippen LogP) is 3.08. The summed E-state index contributed by atoms with van der Waals surface area (Å²) in [4.78, 5) is 14.8. The summed E-state index contributed by atoms with van der Waals surface area (Å²) in [6, 6.07) is 19.7. The van der Waals surface area contributed by atoms with Crippen LogP contribution in [0, 0.1) is 0 Å². The third kappa shape index (κ3) is 3.54. The van der Waals surface area contributed by atoms with Gasteiger partial charge in [0.2, 0.25) is 0 Å². The van der Waals surface area contributed by atoms with Gasteiger partial charge in [-0.15, -0.1) is 0 Å². The van der Waals surface area contributed by atoms with E-state index in [0.717, 1.165) is 29.1 Å². The van der Waals surface area contributed by atoms with Gasteiger partial charge in [0.05, 0.1) is 22.5 Å². The Morgan fingerprint density at radius 2 is 1.82 bits per heavy atom. The van der Waals surface area contributed by atoms with E-state index < -0.39 is 0 Å². The number of hydrogen-bond acceptors (Lipinski definition) is 3. The Balaban J connectivity index is 1.69. The fourth-order valence-electron chi connectivity index (χ4n) is 3.21. The topological polar surface area (TPSA) is 54.6 Å². The molecule has 0 saturated carbocycles. The second-order valence-electron chi connectivity index (χ2n) is 6.94. The van der Waals surface area contributed by atoms with Gasteiger partial charge in [0.25, 0.3) is 5.91 Å². The first kappa shape index (κ1) is 18.0. The van der Waals surface area contributed by atoms with Gasteiger partial charge in [-0.05, 0) is 50.5 Å². The van der Waals surface area contributed by atoms with Gasteiger partial charge in [-0.2, -0.15) is 5.10 Å². The highest BCUT2D eigenvalue weighted by Gasteiger charge is 2.17. The van der Waals surface area contributed by atoms with Crippen molar-refractivity contribution >= 4 is 11.4 Å². The van der Waals surface area contributed by atoms with Crippen molar-refractivity contribution in [3.8, 4) is 17.1 Å². The summed E-state index contributed by atoms with van der Waals surface area (Å²) in [5, 5.41) is 7.72. The first-order valence-corrected chi connectivity index (χ1v) is 9.28. The summed E-state index contributed by atoms with van der Waals surface area (Å²) in [7, 11) is 3.97. The number of amides is 1. The number of likely N-dealkylation sites (N-methyl/N-ethyl adjacent to an activating group) is 1. The van der Waals surface area contributed by atoms with Gasteiger partial charge in [0, 0.05) is 25.5 Å². The second-order valence-corrected chi connectivity index (χ2v) is 6.94. The number of carbonyl (C=O) groups excluding carboxylic acids is 1. The van der Waals surface area contributed by atoms with Gasteiger partial charge in [-0.25, -0.2) is 4.68 Å². The number of pyridine rings is 1. The Morgan fingerprint density at radius 3 is 2.61 bits per heavy atom. The van der Waals surface area contributed by atoms with E-state index in [1.54, 1.807) is 0 Å². The fourth-order valence-corrected chi connectivity index (χ4v) is 3.21. The molecule has 6 nitrogen and oxygen atoms in total. The van der Waals surface area contributed by atoms with E-state index >= 15 is 0 Å². The second kappa shape index (κ2) is 7.70. The van der Waals surface area contributed by atoms with Crippen LogP contribution in [0.2, 0.25) is 0 Å². The Morgan fingerprint density at radius 1 is 1.04 bits per heavy atom. The monoisotopic (exact) mass is 373 g/mol. The zero-order valence-electron chi connectivity index (χ0n) is 16.0. The minimum Gasteiger partial charge on any atom is -0.351 e. The molecule has 1 N–H and O–H groups in total. The maximum Gasteiger partial charge on any atom is 0.253 e. The van der Waals surface area contributed by atoms with E-state index in [4.69, 9.17) is 5.10 Å². The van der Waals surface area contributed by atoms with Crippen LogP contribution in [-0.2, 0) is 0 Å².